The molecule has 0 aromatic carbocycles. The van der Waals surface area contributed by atoms with E-state index in [2.05, 4.69) is 5.32 Å². The van der Waals surface area contributed by atoms with Gasteiger partial charge in [0.1, 0.15) is 0 Å². The summed E-state index contributed by atoms with van der Waals surface area (Å²) in [4.78, 5) is 14.5. The maximum absolute atomic E-state index is 12.6. The number of carbonyl (C=O) groups excluding carboxylic acids is 1. The van der Waals surface area contributed by atoms with Crippen LogP contribution >= 0.6 is 0 Å². The zero-order valence-electron chi connectivity index (χ0n) is 10.6. The molecule has 4 heteroatoms. The molecule has 4 nitrogen and oxygen atoms in total. The van der Waals surface area contributed by atoms with E-state index in [0.717, 1.165) is 19.5 Å². The summed E-state index contributed by atoms with van der Waals surface area (Å²) in [6.45, 7) is 1.98. The predicted octanol–water partition coefficient (Wildman–Crippen LogP) is 0.180. The van der Waals surface area contributed by atoms with Crippen molar-refractivity contribution in [2.24, 2.45) is 23.5 Å². The van der Waals surface area contributed by atoms with Crippen LogP contribution in [0.5, 0.6) is 0 Å². The van der Waals surface area contributed by atoms with E-state index in [9.17, 15) is 4.79 Å². The highest BCUT2D eigenvalue weighted by Gasteiger charge is 2.50. The average molecular weight is 237 g/mol. The molecule has 0 aromatic rings. The van der Waals surface area contributed by atoms with Crippen LogP contribution in [0.2, 0.25) is 0 Å². The lowest BCUT2D eigenvalue weighted by Gasteiger charge is -2.33. The lowest BCUT2D eigenvalue weighted by molar-refractivity contribution is -0.138. The Kier molecular flexibility index (Phi) is 2.87. The highest BCUT2D eigenvalue weighted by Crippen LogP contribution is 2.48. The highest BCUT2D eigenvalue weighted by atomic mass is 16.2. The van der Waals surface area contributed by atoms with Gasteiger partial charge in [-0.3, -0.25) is 4.79 Å². The summed E-state index contributed by atoms with van der Waals surface area (Å²) in [5.74, 6) is 1.60. The number of nitrogens with zero attached hydrogens (tertiary/aromatic N) is 1. The van der Waals surface area contributed by atoms with Gasteiger partial charge in [-0.2, -0.15) is 0 Å². The second-order valence-electron chi connectivity index (χ2n) is 6.03. The molecule has 5 atom stereocenters. The number of nitrogens with two attached hydrogens (primary N) is 1. The van der Waals surface area contributed by atoms with Gasteiger partial charge in [-0.15, -0.1) is 0 Å². The lowest BCUT2D eigenvalue weighted by Crippen LogP contribution is -2.49. The van der Waals surface area contributed by atoms with Crippen LogP contribution in [-0.2, 0) is 4.79 Å². The summed E-state index contributed by atoms with van der Waals surface area (Å²) in [5, 5.41) is 3.32. The largest absolute Gasteiger partial charge is 0.341 e. The van der Waals surface area contributed by atoms with Gasteiger partial charge in [-0.05, 0) is 44.1 Å². The third-order valence-electron chi connectivity index (χ3n) is 5.20. The van der Waals surface area contributed by atoms with Gasteiger partial charge in [0.15, 0.2) is 0 Å². The number of nitrogens with one attached hydrogen (secondary N) is 1. The molecule has 0 radical (unpaired) electrons. The fourth-order valence-corrected chi connectivity index (χ4v) is 4.09. The molecule has 1 saturated heterocycles. The van der Waals surface area contributed by atoms with Crippen LogP contribution in [0.1, 0.15) is 25.7 Å². The topological polar surface area (TPSA) is 58.4 Å². The summed E-state index contributed by atoms with van der Waals surface area (Å²) in [6.07, 6.45) is 4.72. The maximum atomic E-state index is 12.6. The Hall–Kier alpha value is -0.610. The molecule has 2 bridgehead atoms. The van der Waals surface area contributed by atoms with E-state index in [-0.39, 0.29) is 12.0 Å². The smallest absolute Gasteiger partial charge is 0.227 e. The van der Waals surface area contributed by atoms with Crippen LogP contribution in [0.4, 0.5) is 0 Å². The number of hydrogen-bond acceptors (Lipinski definition) is 3. The van der Waals surface area contributed by atoms with Crippen molar-refractivity contribution in [1.82, 2.24) is 10.2 Å². The van der Waals surface area contributed by atoms with E-state index in [1.54, 1.807) is 0 Å². The Bertz CT molecular complexity index is 312. The first kappa shape index (κ1) is 11.5. The molecule has 3 aliphatic rings. The molecule has 3 fully saturated rings. The summed E-state index contributed by atoms with van der Waals surface area (Å²) in [5.41, 5.74) is 6.24. The normalized spacial score (nSPS) is 44.2. The molecular formula is C13H23N3O. The van der Waals surface area contributed by atoms with Gasteiger partial charge in [-0.1, -0.05) is 0 Å². The summed E-state index contributed by atoms with van der Waals surface area (Å²) < 4.78 is 0. The average Bonchev–Trinajstić information content (AvgIpc) is 3.03. The Labute approximate surface area is 103 Å². The minimum absolute atomic E-state index is 0.111. The molecule has 5 unspecified atom stereocenters. The molecule has 1 amide bonds. The van der Waals surface area contributed by atoms with Gasteiger partial charge in [0.25, 0.3) is 0 Å². The minimum Gasteiger partial charge on any atom is -0.341 e. The second kappa shape index (κ2) is 4.25. The van der Waals surface area contributed by atoms with Crippen LogP contribution in [0, 0.1) is 17.8 Å². The number of hydrogen-bond donors (Lipinski definition) is 2. The van der Waals surface area contributed by atoms with Gasteiger partial charge in [0.05, 0.1) is 5.92 Å². The van der Waals surface area contributed by atoms with Crippen molar-refractivity contribution < 1.29 is 4.79 Å². The first-order valence-electron chi connectivity index (χ1n) is 6.91. The van der Waals surface area contributed by atoms with Gasteiger partial charge in [0.2, 0.25) is 5.91 Å². The van der Waals surface area contributed by atoms with Gasteiger partial charge in [0, 0.05) is 25.7 Å². The molecule has 17 heavy (non-hydrogen) atoms. The number of rotatable bonds is 2. The maximum Gasteiger partial charge on any atom is 0.227 e. The van der Waals surface area contributed by atoms with E-state index in [1.807, 2.05) is 11.9 Å². The Balaban J connectivity index is 1.69. The summed E-state index contributed by atoms with van der Waals surface area (Å²) in [7, 11) is 1.96. The molecular weight excluding hydrogens is 214 g/mol. The molecule has 2 saturated carbocycles. The number of carbonyl (C=O) groups is 1. The molecule has 3 N–H and O–H groups in total. The number of amides is 1. The van der Waals surface area contributed by atoms with Crippen LogP contribution < -0.4 is 11.1 Å². The minimum atomic E-state index is 0.111. The Morgan fingerprint density at radius 2 is 2.06 bits per heavy atom. The van der Waals surface area contributed by atoms with Crippen molar-refractivity contribution in [3.05, 3.63) is 0 Å². The van der Waals surface area contributed by atoms with Gasteiger partial charge < -0.3 is 16.0 Å². The van der Waals surface area contributed by atoms with Crippen molar-refractivity contribution in [2.75, 3.05) is 20.1 Å². The summed E-state index contributed by atoms with van der Waals surface area (Å²) >= 11 is 0. The molecule has 0 aromatic heterocycles. The van der Waals surface area contributed by atoms with E-state index < -0.39 is 0 Å². The highest BCUT2D eigenvalue weighted by molar-refractivity contribution is 5.80. The zero-order valence-corrected chi connectivity index (χ0v) is 10.6. The van der Waals surface area contributed by atoms with Crippen molar-refractivity contribution in [3.8, 4) is 0 Å². The SMILES string of the molecule is CN(C(=O)C1C2CCC(C2)C1N)C1CCNC1. The Morgan fingerprint density at radius 1 is 1.29 bits per heavy atom. The fourth-order valence-electron chi connectivity index (χ4n) is 4.09. The van der Waals surface area contributed by atoms with Crippen molar-refractivity contribution >= 4 is 5.91 Å². The first-order valence-corrected chi connectivity index (χ1v) is 6.91. The lowest BCUT2D eigenvalue weighted by atomic mass is 9.84. The van der Waals surface area contributed by atoms with Crippen molar-refractivity contribution in [3.63, 3.8) is 0 Å². The second-order valence-corrected chi connectivity index (χ2v) is 6.03. The molecule has 1 heterocycles. The molecule has 1 aliphatic heterocycles. The van der Waals surface area contributed by atoms with E-state index in [0.29, 0.717) is 23.8 Å². The standard InChI is InChI=1S/C13H23N3O/c1-16(10-4-5-15-7-10)13(17)11-8-2-3-9(6-8)12(11)14/h8-12,15H,2-7,14H2,1H3. The van der Waals surface area contributed by atoms with Crippen LogP contribution in [-0.4, -0.2) is 43.0 Å². The quantitative estimate of drug-likeness (QED) is 0.720. The molecule has 96 valence electrons. The molecule has 0 spiro atoms. The van der Waals surface area contributed by atoms with Crippen LogP contribution in [0.25, 0.3) is 0 Å². The first-order chi connectivity index (χ1) is 8.18. The van der Waals surface area contributed by atoms with E-state index >= 15 is 0 Å². The third-order valence-corrected chi connectivity index (χ3v) is 5.20. The van der Waals surface area contributed by atoms with Gasteiger partial charge in [-0.25, -0.2) is 0 Å². The number of likely N-dealkylation sites (N-methyl/N-ethyl adjacent to an activating group) is 1. The monoisotopic (exact) mass is 237 g/mol. The molecule has 2 aliphatic carbocycles. The summed E-state index contributed by atoms with van der Waals surface area (Å²) in [6, 6.07) is 0.506. The predicted molar refractivity (Wildman–Crippen MR) is 66.3 cm³/mol. The van der Waals surface area contributed by atoms with Crippen molar-refractivity contribution in [1.29, 1.82) is 0 Å². The van der Waals surface area contributed by atoms with Crippen LogP contribution in [0.15, 0.2) is 0 Å². The van der Waals surface area contributed by atoms with E-state index in [4.69, 9.17) is 5.73 Å². The zero-order chi connectivity index (χ0) is 12.0. The molecule has 3 rings (SSSR count). The van der Waals surface area contributed by atoms with Crippen LogP contribution in [0.3, 0.4) is 0 Å². The Morgan fingerprint density at radius 3 is 2.65 bits per heavy atom. The van der Waals surface area contributed by atoms with Crippen molar-refractivity contribution in [2.45, 2.75) is 37.8 Å². The van der Waals surface area contributed by atoms with E-state index in [1.165, 1.54) is 19.3 Å². The number of fused-ring (bicyclic) bond motifs is 2. The fraction of sp³-hybridized carbons (Fsp3) is 0.923. The third kappa shape index (κ3) is 1.78. The van der Waals surface area contributed by atoms with Gasteiger partial charge >= 0.3 is 0 Å².